The molecule has 1 saturated heterocycles. The molecular formula is C28H28FN5O3S2. The molecule has 1 aliphatic rings. The molecule has 202 valence electrons. The van der Waals surface area contributed by atoms with Crippen molar-refractivity contribution in [3.63, 3.8) is 0 Å². The molecule has 1 aliphatic heterocycles. The van der Waals surface area contributed by atoms with Gasteiger partial charge in [-0.25, -0.2) is 12.8 Å². The minimum atomic E-state index is -3.51. The number of methoxy groups -OCH3 is 1. The van der Waals surface area contributed by atoms with Gasteiger partial charge in [-0.05, 0) is 80.2 Å². The number of aryl methyl sites for hydroxylation is 1. The van der Waals surface area contributed by atoms with E-state index in [0.29, 0.717) is 22.2 Å². The molecule has 4 aromatic rings. The number of ether oxygens (including phenoxy) is 1. The molecule has 2 aromatic heterocycles. The van der Waals surface area contributed by atoms with E-state index >= 15 is 0 Å². The zero-order valence-corrected chi connectivity index (χ0v) is 23.5. The zero-order valence-electron chi connectivity index (χ0n) is 21.8. The number of halogens is 1. The number of benzene rings is 2. The van der Waals surface area contributed by atoms with Crippen molar-refractivity contribution in [2.24, 2.45) is 0 Å². The molecule has 0 bridgehead atoms. The second kappa shape index (κ2) is 10.3. The Labute approximate surface area is 232 Å². The minimum Gasteiger partial charge on any atom is -0.494 e. The highest BCUT2D eigenvalue weighted by molar-refractivity contribution is 7.92. The Hall–Kier alpha value is -3.96. The molecule has 0 aliphatic carbocycles. The fourth-order valence-electron chi connectivity index (χ4n) is 5.16. The van der Waals surface area contributed by atoms with Crippen LogP contribution in [0, 0.1) is 19.7 Å². The molecule has 0 unspecified atom stereocenters. The Morgan fingerprint density at radius 2 is 1.85 bits per heavy atom. The number of nitrogens with one attached hydrogen (secondary N) is 2. The number of pyridine rings is 1. The van der Waals surface area contributed by atoms with Crippen molar-refractivity contribution in [1.82, 2.24) is 14.9 Å². The number of rotatable bonds is 7. The van der Waals surface area contributed by atoms with Crippen LogP contribution in [0.4, 0.5) is 15.8 Å². The van der Waals surface area contributed by atoms with E-state index in [4.69, 9.17) is 17.0 Å². The summed E-state index contributed by atoms with van der Waals surface area (Å²) in [5.74, 6) is 0.0409. The highest BCUT2D eigenvalue weighted by Crippen LogP contribution is 2.45. The number of nitrogens with zero attached hydrogens (tertiary/aromatic N) is 3. The molecule has 0 radical (unpaired) electrons. The van der Waals surface area contributed by atoms with Gasteiger partial charge in [-0.1, -0.05) is 12.1 Å². The number of sulfonamides is 1. The van der Waals surface area contributed by atoms with Crippen molar-refractivity contribution in [2.45, 2.75) is 25.9 Å². The standard InChI is InChI=1S/C28H28FN5O3S2/c1-17-14-22(18(2)33(17)20-9-7-8-19(29)15-20)27-26(24-10-5-6-13-30-24)31-28(38)34(27)21-11-12-23(25(16-21)37-3)32-39(4,35)36/h5-16,26-27,32H,1-4H3,(H,31,38)/t26-,27+/m0/s1. The summed E-state index contributed by atoms with van der Waals surface area (Å²) in [6.07, 6.45) is 2.83. The van der Waals surface area contributed by atoms with Crippen LogP contribution in [0.3, 0.4) is 0 Å². The van der Waals surface area contributed by atoms with Gasteiger partial charge >= 0.3 is 0 Å². The molecule has 1 fully saturated rings. The van der Waals surface area contributed by atoms with E-state index < -0.39 is 10.0 Å². The first kappa shape index (κ1) is 26.6. The van der Waals surface area contributed by atoms with E-state index in [1.54, 1.807) is 30.5 Å². The Bertz CT molecular complexity index is 1660. The fourth-order valence-corrected chi connectivity index (χ4v) is 6.08. The first-order valence-electron chi connectivity index (χ1n) is 12.2. The lowest BCUT2D eigenvalue weighted by atomic mass is 9.96. The molecule has 0 amide bonds. The van der Waals surface area contributed by atoms with Crippen LogP contribution in [0.5, 0.6) is 5.75 Å². The van der Waals surface area contributed by atoms with Crippen LogP contribution in [0.15, 0.2) is 72.9 Å². The number of aromatic nitrogens is 2. The molecule has 2 N–H and O–H groups in total. The average molecular weight is 566 g/mol. The Balaban J connectivity index is 1.67. The van der Waals surface area contributed by atoms with Crippen molar-refractivity contribution < 1.29 is 17.5 Å². The van der Waals surface area contributed by atoms with Crippen LogP contribution in [0.2, 0.25) is 0 Å². The van der Waals surface area contributed by atoms with Gasteiger partial charge < -0.3 is 19.5 Å². The quantitative estimate of drug-likeness (QED) is 0.298. The first-order valence-corrected chi connectivity index (χ1v) is 14.5. The van der Waals surface area contributed by atoms with Gasteiger partial charge in [0.1, 0.15) is 11.6 Å². The number of thiocarbonyl (C=S) groups is 1. The van der Waals surface area contributed by atoms with Crippen LogP contribution in [-0.4, -0.2) is 36.4 Å². The molecule has 8 nitrogen and oxygen atoms in total. The van der Waals surface area contributed by atoms with E-state index in [1.807, 2.05) is 47.6 Å². The van der Waals surface area contributed by atoms with E-state index in [1.165, 1.54) is 19.2 Å². The number of anilines is 2. The van der Waals surface area contributed by atoms with Gasteiger partial charge in [0.15, 0.2) is 5.11 Å². The molecular weight excluding hydrogens is 537 g/mol. The van der Waals surface area contributed by atoms with Crippen molar-refractivity contribution in [3.05, 3.63) is 101 Å². The summed E-state index contributed by atoms with van der Waals surface area (Å²) in [7, 11) is -2.03. The number of hydrogen-bond acceptors (Lipinski definition) is 5. The first-order chi connectivity index (χ1) is 18.6. The fraction of sp³-hybridized carbons (Fsp3) is 0.214. The average Bonchev–Trinajstić information content (AvgIpc) is 3.38. The maximum atomic E-state index is 14.1. The summed E-state index contributed by atoms with van der Waals surface area (Å²) in [5, 5.41) is 3.92. The van der Waals surface area contributed by atoms with Gasteiger partial charge in [0.25, 0.3) is 0 Å². The summed E-state index contributed by atoms with van der Waals surface area (Å²) in [6, 6.07) is 18.9. The van der Waals surface area contributed by atoms with Crippen LogP contribution >= 0.6 is 12.2 Å². The minimum absolute atomic E-state index is 0.292. The Morgan fingerprint density at radius 3 is 2.51 bits per heavy atom. The van der Waals surface area contributed by atoms with E-state index in [9.17, 15) is 12.8 Å². The van der Waals surface area contributed by atoms with Crippen LogP contribution in [-0.2, 0) is 10.0 Å². The summed E-state index contributed by atoms with van der Waals surface area (Å²) in [4.78, 5) is 6.59. The summed E-state index contributed by atoms with van der Waals surface area (Å²) < 4.78 is 47.9. The molecule has 0 saturated carbocycles. The van der Waals surface area contributed by atoms with E-state index in [0.717, 1.165) is 34.6 Å². The molecule has 5 rings (SSSR count). The molecule has 0 spiro atoms. The maximum absolute atomic E-state index is 14.1. The lowest BCUT2D eigenvalue weighted by Gasteiger charge is -2.29. The largest absolute Gasteiger partial charge is 0.494 e. The third kappa shape index (κ3) is 5.19. The molecule has 3 heterocycles. The monoisotopic (exact) mass is 565 g/mol. The maximum Gasteiger partial charge on any atom is 0.229 e. The predicted molar refractivity (Wildman–Crippen MR) is 155 cm³/mol. The van der Waals surface area contributed by atoms with Crippen LogP contribution in [0.25, 0.3) is 5.69 Å². The third-order valence-electron chi connectivity index (χ3n) is 6.71. The van der Waals surface area contributed by atoms with Crippen LogP contribution in [0.1, 0.15) is 34.7 Å². The van der Waals surface area contributed by atoms with Gasteiger partial charge in [-0.3, -0.25) is 9.71 Å². The van der Waals surface area contributed by atoms with Gasteiger partial charge in [0.2, 0.25) is 10.0 Å². The van der Waals surface area contributed by atoms with Gasteiger partial charge in [0, 0.05) is 35.0 Å². The van der Waals surface area contributed by atoms with Gasteiger partial charge in [0.05, 0.1) is 36.8 Å². The normalized spacial score (nSPS) is 17.3. The molecule has 11 heteroatoms. The second-order valence-electron chi connectivity index (χ2n) is 9.40. The van der Waals surface area contributed by atoms with Crippen molar-refractivity contribution >= 4 is 38.7 Å². The number of hydrogen-bond donors (Lipinski definition) is 2. The summed E-state index contributed by atoms with van der Waals surface area (Å²) >= 11 is 5.85. The van der Waals surface area contributed by atoms with E-state index in [-0.39, 0.29) is 17.9 Å². The summed E-state index contributed by atoms with van der Waals surface area (Å²) in [6.45, 7) is 3.98. The van der Waals surface area contributed by atoms with Crippen molar-refractivity contribution in [2.75, 3.05) is 23.0 Å². The highest BCUT2D eigenvalue weighted by atomic mass is 32.2. The lowest BCUT2D eigenvalue weighted by molar-refractivity contribution is 0.417. The molecule has 2 aromatic carbocycles. The zero-order chi connectivity index (χ0) is 27.9. The second-order valence-corrected chi connectivity index (χ2v) is 11.5. The predicted octanol–water partition coefficient (Wildman–Crippen LogP) is 5.19. The lowest BCUT2D eigenvalue weighted by Crippen LogP contribution is -2.29. The Morgan fingerprint density at radius 1 is 1.05 bits per heavy atom. The van der Waals surface area contributed by atoms with Crippen molar-refractivity contribution in [3.8, 4) is 11.4 Å². The van der Waals surface area contributed by atoms with Crippen LogP contribution < -0.4 is 19.7 Å². The van der Waals surface area contributed by atoms with Gasteiger partial charge in [-0.15, -0.1) is 0 Å². The highest BCUT2D eigenvalue weighted by Gasteiger charge is 2.42. The van der Waals surface area contributed by atoms with Crippen molar-refractivity contribution in [1.29, 1.82) is 0 Å². The SMILES string of the molecule is COc1cc(N2C(=S)N[C@@H](c3ccccn3)[C@H]2c2cc(C)n(-c3cccc(F)c3)c2C)ccc1NS(C)(=O)=O. The third-order valence-corrected chi connectivity index (χ3v) is 7.62. The van der Waals surface area contributed by atoms with Gasteiger partial charge in [-0.2, -0.15) is 0 Å². The summed E-state index contributed by atoms with van der Waals surface area (Å²) in [5.41, 5.74) is 5.43. The van der Waals surface area contributed by atoms with E-state index in [2.05, 4.69) is 21.1 Å². The molecule has 2 atom stereocenters. The topological polar surface area (TPSA) is 88.5 Å². The molecule has 39 heavy (non-hydrogen) atoms. The smallest absolute Gasteiger partial charge is 0.229 e. The Kier molecular flexibility index (Phi) is 7.04.